The van der Waals surface area contributed by atoms with E-state index in [1.807, 2.05) is 32.0 Å². The van der Waals surface area contributed by atoms with Crippen LogP contribution in [0.25, 0.3) is 0 Å². The quantitative estimate of drug-likeness (QED) is 0.859. The monoisotopic (exact) mass is 322 g/mol. The molecule has 0 spiro atoms. The molecule has 0 aromatic heterocycles. The van der Waals surface area contributed by atoms with Gasteiger partial charge >= 0.3 is 0 Å². The van der Waals surface area contributed by atoms with Gasteiger partial charge in [0.1, 0.15) is 0 Å². The molecule has 2 rings (SSSR count). The van der Waals surface area contributed by atoms with Gasteiger partial charge in [-0.25, -0.2) is 0 Å². The minimum atomic E-state index is -0.156. The first-order valence-electron chi connectivity index (χ1n) is 6.52. The maximum atomic E-state index is 12.0. The number of amides is 1. The SMILES string of the molecule is Cc1cccc(C)c1NCC(=O)Nc1cc(Cl)cc(Cl)c1. The van der Waals surface area contributed by atoms with Crippen LogP contribution in [0.5, 0.6) is 0 Å². The average Bonchev–Trinajstić information content (AvgIpc) is 2.36. The van der Waals surface area contributed by atoms with Gasteiger partial charge in [-0.05, 0) is 43.2 Å². The Morgan fingerprint density at radius 2 is 1.62 bits per heavy atom. The van der Waals surface area contributed by atoms with Crippen molar-refractivity contribution in [2.45, 2.75) is 13.8 Å². The first kappa shape index (κ1) is 15.7. The highest BCUT2D eigenvalue weighted by molar-refractivity contribution is 6.35. The minimum absolute atomic E-state index is 0.156. The summed E-state index contributed by atoms with van der Waals surface area (Å²) in [5, 5.41) is 6.89. The number of hydrogen-bond donors (Lipinski definition) is 2. The van der Waals surface area contributed by atoms with Crippen LogP contribution >= 0.6 is 23.2 Å². The van der Waals surface area contributed by atoms with Crippen molar-refractivity contribution in [1.29, 1.82) is 0 Å². The van der Waals surface area contributed by atoms with E-state index in [4.69, 9.17) is 23.2 Å². The summed E-state index contributed by atoms with van der Waals surface area (Å²) in [6.07, 6.45) is 0. The second-order valence-electron chi connectivity index (χ2n) is 4.83. The van der Waals surface area contributed by atoms with Crippen molar-refractivity contribution in [3.8, 4) is 0 Å². The van der Waals surface area contributed by atoms with Gasteiger partial charge in [-0.2, -0.15) is 0 Å². The van der Waals surface area contributed by atoms with Crippen molar-refractivity contribution in [3.63, 3.8) is 0 Å². The molecule has 0 saturated heterocycles. The first-order chi connectivity index (χ1) is 9.95. The highest BCUT2D eigenvalue weighted by Gasteiger charge is 2.06. The van der Waals surface area contributed by atoms with Gasteiger partial charge in [-0.3, -0.25) is 4.79 Å². The zero-order chi connectivity index (χ0) is 15.4. The second-order valence-corrected chi connectivity index (χ2v) is 5.70. The third-order valence-corrected chi connectivity index (χ3v) is 3.49. The molecule has 0 heterocycles. The zero-order valence-electron chi connectivity index (χ0n) is 11.8. The van der Waals surface area contributed by atoms with Crippen LogP contribution in [0.4, 0.5) is 11.4 Å². The fraction of sp³-hybridized carbons (Fsp3) is 0.188. The Morgan fingerprint density at radius 3 is 2.19 bits per heavy atom. The van der Waals surface area contributed by atoms with Gasteiger partial charge in [0.25, 0.3) is 0 Å². The number of anilines is 2. The number of para-hydroxylation sites is 1. The van der Waals surface area contributed by atoms with Crippen LogP contribution in [0.15, 0.2) is 36.4 Å². The lowest BCUT2D eigenvalue weighted by molar-refractivity contribution is -0.114. The lowest BCUT2D eigenvalue weighted by Crippen LogP contribution is -2.22. The van der Waals surface area contributed by atoms with Crippen LogP contribution in [-0.2, 0) is 4.79 Å². The first-order valence-corrected chi connectivity index (χ1v) is 7.27. The number of hydrogen-bond acceptors (Lipinski definition) is 2. The smallest absolute Gasteiger partial charge is 0.243 e. The Bertz CT molecular complexity index is 631. The average molecular weight is 323 g/mol. The van der Waals surface area contributed by atoms with Crippen molar-refractivity contribution in [3.05, 3.63) is 57.6 Å². The summed E-state index contributed by atoms with van der Waals surface area (Å²) in [6.45, 7) is 4.18. The Hall–Kier alpha value is -1.71. The Morgan fingerprint density at radius 1 is 1.05 bits per heavy atom. The molecule has 0 unspecified atom stereocenters. The predicted molar refractivity (Wildman–Crippen MR) is 89.5 cm³/mol. The molecule has 2 N–H and O–H groups in total. The molecule has 0 aliphatic heterocycles. The topological polar surface area (TPSA) is 41.1 Å². The van der Waals surface area contributed by atoms with Crippen LogP contribution in [0.2, 0.25) is 10.0 Å². The summed E-state index contributed by atoms with van der Waals surface area (Å²) in [5.41, 5.74) is 3.78. The molecule has 5 heteroatoms. The summed E-state index contributed by atoms with van der Waals surface area (Å²) in [4.78, 5) is 12.0. The molecule has 3 nitrogen and oxygen atoms in total. The predicted octanol–water partition coefficient (Wildman–Crippen LogP) is 4.66. The van der Waals surface area contributed by atoms with Gasteiger partial charge in [0.05, 0.1) is 6.54 Å². The third-order valence-electron chi connectivity index (χ3n) is 3.05. The van der Waals surface area contributed by atoms with E-state index in [2.05, 4.69) is 10.6 Å². The van der Waals surface area contributed by atoms with E-state index in [9.17, 15) is 4.79 Å². The van der Waals surface area contributed by atoms with E-state index in [-0.39, 0.29) is 12.5 Å². The molecule has 21 heavy (non-hydrogen) atoms. The minimum Gasteiger partial charge on any atom is -0.376 e. The van der Waals surface area contributed by atoms with Crippen LogP contribution in [-0.4, -0.2) is 12.5 Å². The maximum Gasteiger partial charge on any atom is 0.243 e. The van der Waals surface area contributed by atoms with Gasteiger partial charge in [0.2, 0.25) is 5.91 Å². The Labute approximate surface area is 134 Å². The van der Waals surface area contributed by atoms with Crippen molar-refractivity contribution in [2.24, 2.45) is 0 Å². The second kappa shape index (κ2) is 6.83. The van der Waals surface area contributed by atoms with Crippen LogP contribution in [0.3, 0.4) is 0 Å². The molecule has 0 fully saturated rings. The molecule has 0 aliphatic carbocycles. The number of nitrogens with one attached hydrogen (secondary N) is 2. The summed E-state index contributed by atoms with van der Waals surface area (Å²) >= 11 is 11.8. The lowest BCUT2D eigenvalue weighted by atomic mass is 10.1. The zero-order valence-corrected chi connectivity index (χ0v) is 13.3. The summed E-state index contributed by atoms with van der Waals surface area (Å²) in [6, 6.07) is 10.9. The highest BCUT2D eigenvalue weighted by atomic mass is 35.5. The molecule has 0 bridgehead atoms. The number of rotatable bonds is 4. The number of halogens is 2. The molecule has 0 atom stereocenters. The number of carbonyl (C=O) groups is 1. The molecule has 0 radical (unpaired) electrons. The molecule has 1 amide bonds. The molecular weight excluding hydrogens is 307 g/mol. The van der Waals surface area contributed by atoms with Gasteiger partial charge < -0.3 is 10.6 Å². The van der Waals surface area contributed by atoms with Crippen molar-refractivity contribution in [1.82, 2.24) is 0 Å². The van der Waals surface area contributed by atoms with E-state index >= 15 is 0 Å². The van der Waals surface area contributed by atoms with E-state index in [1.165, 1.54) is 0 Å². The Kier molecular flexibility index (Phi) is 5.10. The van der Waals surface area contributed by atoms with E-state index in [0.29, 0.717) is 15.7 Å². The fourth-order valence-corrected chi connectivity index (χ4v) is 2.62. The molecule has 0 saturated carbocycles. The van der Waals surface area contributed by atoms with E-state index in [0.717, 1.165) is 16.8 Å². The maximum absolute atomic E-state index is 12.0. The van der Waals surface area contributed by atoms with Gasteiger partial charge in [-0.15, -0.1) is 0 Å². The van der Waals surface area contributed by atoms with Gasteiger partial charge in [0.15, 0.2) is 0 Å². The van der Waals surface area contributed by atoms with E-state index in [1.54, 1.807) is 18.2 Å². The van der Waals surface area contributed by atoms with Crippen LogP contribution in [0.1, 0.15) is 11.1 Å². The van der Waals surface area contributed by atoms with Crippen molar-refractivity contribution >= 4 is 40.5 Å². The van der Waals surface area contributed by atoms with Crippen LogP contribution in [0, 0.1) is 13.8 Å². The number of carbonyl (C=O) groups excluding carboxylic acids is 1. The lowest BCUT2D eigenvalue weighted by Gasteiger charge is -2.12. The number of benzene rings is 2. The largest absolute Gasteiger partial charge is 0.376 e. The molecule has 2 aromatic carbocycles. The summed E-state index contributed by atoms with van der Waals surface area (Å²) in [5.74, 6) is -0.156. The molecular formula is C16H16Cl2N2O. The van der Waals surface area contributed by atoms with Crippen molar-refractivity contribution < 1.29 is 4.79 Å². The van der Waals surface area contributed by atoms with Gasteiger partial charge in [-0.1, -0.05) is 41.4 Å². The Balaban J connectivity index is 1.99. The van der Waals surface area contributed by atoms with E-state index < -0.39 is 0 Å². The molecule has 2 aromatic rings. The summed E-state index contributed by atoms with van der Waals surface area (Å²) < 4.78 is 0. The molecule has 110 valence electrons. The fourth-order valence-electron chi connectivity index (χ4n) is 2.09. The third kappa shape index (κ3) is 4.38. The normalized spacial score (nSPS) is 10.3. The van der Waals surface area contributed by atoms with Gasteiger partial charge in [0, 0.05) is 21.4 Å². The molecule has 0 aliphatic rings. The highest BCUT2D eigenvalue weighted by Crippen LogP contribution is 2.22. The van der Waals surface area contributed by atoms with Crippen LogP contribution < -0.4 is 10.6 Å². The summed E-state index contributed by atoms with van der Waals surface area (Å²) in [7, 11) is 0. The standard InChI is InChI=1S/C16H16Cl2N2O/c1-10-4-3-5-11(2)16(10)19-9-15(21)20-14-7-12(17)6-13(18)8-14/h3-8,19H,9H2,1-2H3,(H,20,21). The van der Waals surface area contributed by atoms with Crippen molar-refractivity contribution in [2.75, 3.05) is 17.2 Å². The number of aryl methyl sites for hydroxylation is 2.